The summed E-state index contributed by atoms with van der Waals surface area (Å²) in [4.78, 5) is 25.9. The van der Waals surface area contributed by atoms with Crippen molar-refractivity contribution in [2.24, 2.45) is 61.6 Å². The van der Waals surface area contributed by atoms with Crippen molar-refractivity contribution in [3.63, 3.8) is 0 Å². The highest BCUT2D eigenvalue weighted by Gasteiger charge is 2.77. The van der Waals surface area contributed by atoms with Gasteiger partial charge in [0, 0.05) is 23.9 Å². The molecule has 10 heteroatoms. The molecule has 0 aromatic heterocycles. The Labute approximate surface area is 321 Å². The molecule has 8 aliphatic rings. The van der Waals surface area contributed by atoms with Crippen LogP contribution in [0.1, 0.15) is 125 Å². The van der Waals surface area contributed by atoms with Crippen LogP contribution in [0.3, 0.4) is 0 Å². The monoisotopic (exact) mass is 754 g/mol. The van der Waals surface area contributed by atoms with E-state index in [1.807, 2.05) is 0 Å². The highest BCUT2D eigenvalue weighted by atomic mass is 16.7. The topological polar surface area (TPSA) is 163 Å². The first-order valence-electron chi connectivity index (χ1n) is 21.1. The van der Waals surface area contributed by atoms with Crippen molar-refractivity contribution in [2.45, 2.75) is 161 Å². The summed E-state index contributed by atoms with van der Waals surface area (Å²) in [5, 5.41) is 52.9. The van der Waals surface area contributed by atoms with Gasteiger partial charge in [0.15, 0.2) is 12.4 Å². The second-order valence-electron chi connectivity index (χ2n) is 20.8. The van der Waals surface area contributed by atoms with Crippen LogP contribution in [0, 0.1) is 61.6 Å². The molecule has 1 heterocycles. The average molecular weight is 755 g/mol. The fourth-order valence-electron chi connectivity index (χ4n) is 16.3. The van der Waals surface area contributed by atoms with Crippen LogP contribution in [-0.2, 0) is 23.8 Å². The van der Waals surface area contributed by atoms with Crippen molar-refractivity contribution >= 4 is 11.9 Å². The minimum atomic E-state index is -1.76. The van der Waals surface area contributed by atoms with Crippen LogP contribution >= 0.6 is 0 Å². The van der Waals surface area contributed by atoms with Gasteiger partial charge in [0.05, 0.1) is 18.1 Å². The van der Waals surface area contributed by atoms with Crippen molar-refractivity contribution in [1.29, 1.82) is 0 Å². The molecular weight excluding hydrogens is 688 g/mol. The molecule has 1 aliphatic heterocycles. The van der Waals surface area contributed by atoms with Gasteiger partial charge in [-0.25, -0.2) is 4.79 Å². The molecule has 1 saturated heterocycles. The van der Waals surface area contributed by atoms with Gasteiger partial charge in [0.1, 0.15) is 18.3 Å². The van der Waals surface area contributed by atoms with Crippen molar-refractivity contribution in [3.05, 3.63) is 23.8 Å². The molecule has 5 N–H and O–H groups in total. The number of fused-ring (bicyclic) bond motifs is 6. The van der Waals surface area contributed by atoms with E-state index in [9.17, 15) is 35.1 Å². The number of carboxylic acids is 2. The molecule has 2 bridgehead atoms. The van der Waals surface area contributed by atoms with Gasteiger partial charge in [-0.3, -0.25) is 4.79 Å². The first-order chi connectivity index (χ1) is 25.4. The van der Waals surface area contributed by atoms with Gasteiger partial charge in [-0.1, -0.05) is 71.3 Å². The van der Waals surface area contributed by atoms with E-state index in [-0.39, 0.29) is 45.0 Å². The van der Waals surface area contributed by atoms with Crippen molar-refractivity contribution in [1.82, 2.24) is 0 Å². The lowest BCUT2D eigenvalue weighted by Crippen LogP contribution is -2.71. The molecule has 54 heavy (non-hydrogen) atoms. The lowest BCUT2D eigenvalue weighted by Gasteiger charge is -2.76. The number of hydrogen-bond donors (Lipinski definition) is 5. The number of carbonyl (C=O) groups is 2. The molecule has 5 saturated carbocycles. The van der Waals surface area contributed by atoms with Gasteiger partial charge in [-0.05, 0) is 116 Å². The standard InChI is InChI=1S/C44H66O10/c1-38(2)27-14-19-41(5)28(40(27,4)18-15-30(38)53-36-33(47)31(45)32(46)34(54-36)35(48)49)12-13-29-42-17-9-16-39(3,24-42)22-26(23-52-6)44(42,37(50)51)21-20-43(29,41)25-10-7-8-11-25/h9,13,17,25-28,30-34,36,45-47H,7-8,10-12,14-16,18-24H2,1-6H3,(H,48,49)(H,50,51). The van der Waals surface area contributed by atoms with Crippen molar-refractivity contribution < 1.29 is 49.3 Å². The Hall–Kier alpha value is -1.82. The quantitative estimate of drug-likeness (QED) is 0.143. The van der Waals surface area contributed by atoms with Gasteiger partial charge < -0.3 is 39.7 Å². The molecule has 1 spiro atoms. The first-order valence-corrected chi connectivity index (χ1v) is 21.1. The van der Waals surface area contributed by atoms with Gasteiger partial charge >= 0.3 is 11.9 Å². The van der Waals surface area contributed by atoms with Crippen LogP contribution < -0.4 is 0 Å². The molecule has 15 atom stereocenters. The van der Waals surface area contributed by atoms with E-state index in [1.54, 1.807) is 7.11 Å². The Kier molecular flexibility index (Phi) is 9.28. The SMILES string of the molecule is COCC1CC2(C)CC=CC3(C2)C2=CCC4C5(C)CCC(OC6OC(C(=O)O)C(O)C(O)C6O)C(C)(C)C5CCC4(C)C2(C2CCCC2)CCC13C(=O)O. The third-order valence-corrected chi connectivity index (χ3v) is 18.3. The number of ether oxygens (including phenoxy) is 3. The van der Waals surface area contributed by atoms with Gasteiger partial charge in [0.2, 0.25) is 0 Å². The van der Waals surface area contributed by atoms with Crippen LogP contribution in [0.5, 0.6) is 0 Å². The van der Waals surface area contributed by atoms with Crippen LogP contribution in [0.15, 0.2) is 23.8 Å². The van der Waals surface area contributed by atoms with E-state index in [2.05, 4.69) is 52.8 Å². The molecule has 302 valence electrons. The summed E-state index contributed by atoms with van der Waals surface area (Å²) in [5.41, 5.74) is -0.499. The van der Waals surface area contributed by atoms with E-state index < -0.39 is 53.5 Å². The third kappa shape index (κ3) is 4.91. The minimum Gasteiger partial charge on any atom is -0.481 e. The van der Waals surface area contributed by atoms with E-state index in [4.69, 9.17) is 14.2 Å². The predicted molar refractivity (Wildman–Crippen MR) is 200 cm³/mol. The minimum absolute atomic E-state index is 0.0224. The Bertz CT molecular complexity index is 1580. The Morgan fingerprint density at radius 1 is 0.889 bits per heavy atom. The highest BCUT2D eigenvalue weighted by molar-refractivity contribution is 5.79. The Morgan fingerprint density at radius 2 is 1.61 bits per heavy atom. The van der Waals surface area contributed by atoms with Gasteiger partial charge in [-0.2, -0.15) is 0 Å². The van der Waals surface area contributed by atoms with Crippen molar-refractivity contribution in [3.8, 4) is 0 Å². The molecule has 7 aliphatic carbocycles. The maximum atomic E-state index is 14.0. The summed E-state index contributed by atoms with van der Waals surface area (Å²) in [5.74, 6) is -0.951. The fourth-order valence-corrected chi connectivity index (χ4v) is 16.3. The fraction of sp³-hybridized carbons (Fsp3) is 0.864. The lowest BCUT2D eigenvalue weighted by molar-refractivity contribution is -0.324. The zero-order chi connectivity index (χ0) is 38.9. The molecule has 15 unspecified atom stereocenters. The van der Waals surface area contributed by atoms with Crippen LogP contribution in [0.25, 0.3) is 0 Å². The van der Waals surface area contributed by atoms with E-state index in [0.717, 1.165) is 51.4 Å². The first kappa shape index (κ1) is 39.0. The zero-order valence-corrected chi connectivity index (χ0v) is 33.4. The van der Waals surface area contributed by atoms with Gasteiger partial charge in [-0.15, -0.1) is 0 Å². The summed E-state index contributed by atoms with van der Waals surface area (Å²) in [7, 11) is 1.73. The summed E-state index contributed by atoms with van der Waals surface area (Å²) in [6.07, 6.45) is 12.6. The summed E-state index contributed by atoms with van der Waals surface area (Å²) in [6.45, 7) is 12.4. The second kappa shape index (κ2) is 12.8. The molecule has 0 amide bonds. The average Bonchev–Trinajstić information content (AvgIpc) is 3.64. The number of aliphatic hydroxyl groups excluding tert-OH is 3. The van der Waals surface area contributed by atoms with E-state index in [0.29, 0.717) is 31.3 Å². The molecule has 10 nitrogen and oxygen atoms in total. The second-order valence-corrected chi connectivity index (χ2v) is 20.8. The van der Waals surface area contributed by atoms with Gasteiger partial charge in [0.25, 0.3) is 0 Å². The zero-order valence-electron chi connectivity index (χ0n) is 33.4. The summed E-state index contributed by atoms with van der Waals surface area (Å²) >= 11 is 0. The Morgan fingerprint density at radius 3 is 2.28 bits per heavy atom. The normalized spacial score (nSPS) is 52.3. The smallest absolute Gasteiger partial charge is 0.335 e. The lowest BCUT2D eigenvalue weighted by atomic mass is 9.28. The highest BCUT2D eigenvalue weighted by Crippen LogP contribution is 2.82. The van der Waals surface area contributed by atoms with E-state index >= 15 is 0 Å². The molecular formula is C44H66O10. The molecule has 0 radical (unpaired) electrons. The number of hydrogen-bond acceptors (Lipinski definition) is 8. The van der Waals surface area contributed by atoms with Crippen LogP contribution in [0.2, 0.25) is 0 Å². The maximum absolute atomic E-state index is 14.0. The number of aliphatic hydroxyl groups is 3. The summed E-state index contributed by atoms with van der Waals surface area (Å²) in [6, 6.07) is 0. The van der Waals surface area contributed by atoms with E-state index in [1.165, 1.54) is 31.3 Å². The Balaban J connectivity index is 1.19. The van der Waals surface area contributed by atoms with Crippen molar-refractivity contribution in [2.75, 3.05) is 13.7 Å². The van der Waals surface area contributed by atoms with Crippen LogP contribution in [-0.4, -0.2) is 88.0 Å². The molecule has 6 fully saturated rings. The van der Waals surface area contributed by atoms with Crippen LogP contribution in [0.4, 0.5) is 0 Å². The maximum Gasteiger partial charge on any atom is 0.335 e. The summed E-state index contributed by atoms with van der Waals surface area (Å²) < 4.78 is 18.0. The largest absolute Gasteiger partial charge is 0.481 e. The molecule has 8 rings (SSSR count). The number of methoxy groups -OCH3 is 1. The number of aliphatic carboxylic acids is 2. The molecule has 0 aromatic rings. The number of carboxylic acid groups (broad SMARTS) is 2. The molecule has 0 aromatic carbocycles. The number of rotatable bonds is 7. The predicted octanol–water partition coefficient (Wildman–Crippen LogP) is 6.50. The third-order valence-electron chi connectivity index (χ3n) is 18.3. The number of allylic oxidation sites excluding steroid dienone is 4.